The van der Waals surface area contributed by atoms with Crippen LogP contribution < -0.4 is 11.1 Å². The maximum atomic E-state index is 11.7. The van der Waals surface area contributed by atoms with Crippen molar-refractivity contribution in [2.24, 2.45) is 0 Å². The molecule has 1 aromatic carbocycles. The SMILES string of the molecule is C[C@H](NC(=O)COCc1ccccc1)c1nnc(N)s1. The van der Waals surface area contributed by atoms with Crippen molar-refractivity contribution >= 4 is 22.4 Å². The number of carbonyl (C=O) groups is 1. The van der Waals surface area contributed by atoms with Crippen molar-refractivity contribution in [1.29, 1.82) is 0 Å². The molecule has 0 aliphatic heterocycles. The summed E-state index contributed by atoms with van der Waals surface area (Å²) < 4.78 is 5.35. The molecule has 2 rings (SSSR count). The Morgan fingerprint density at radius 3 is 2.80 bits per heavy atom. The first-order chi connectivity index (χ1) is 9.65. The van der Waals surface area contributed by atoms with E-state index >= 15 is 0 Å². The van der Waals surface area contributed by atoms with E-state index in [0.717, 1.165) is 5.56 Å². The lowest BCUT2D eigenvalue weighted by atomic mass is 10.2. The Hall–Kier alpha value is -1.99. The van der Waals surface area contributed by atoms with E-state index in [2.05, 4.69) is 15.5 Å². The highest BCUT2D eigenvalue weighted by Crippen LogP contribution is 2.18. The third-order valence-electron chi connectivity index (χ3n) is 2.55. The Morgan fingerprint density at radius 1 is 1.40 bits per heavy atom. The fourth-order valence-corrected chi connectivity index (χ4v) is 2.22. The van der Waals surface area contributed by atoms with Gasteiger partial charge in [0.15, 0.2) is 0 Å². The molecule has 1 atom stereocenters. The maximum absolute atomic E-state index is 11.7. The Morgan fingerprint density at radius 2 is 2.15 bits per heavy atom. The van der Waals surface area contributed by atoms with E-state index in [0.29, 0.717) is 16.7 Å². The highest BCUT2D eigenvalue weighted by Gasteiger charge is 2.13. The molecule has 6 nitrogen and oxygen atoms in total. The number of rotatable bonds is 6. The molecule has 2 aromatic rings. The van der Waals surface area contributed by atoms with Gasteiger partial charge in [-0.05, 0) is 12.5 Å². The Bertz CT molecular complexity index is 559. The molecule has 0 aliphatic rings. The number of anilines is 1. The molecule has 3 N–H and O–H groups in total. The zero-order valence-electron chi connectivity index (χ0n) is 11.1. The molecular weight excluding hydrogens is 276 g/mol. The average molecular weight is 292 g/mol. The molecule has 1 heterocycles. The third kappa shape index (κ3) is 4.29. The molecule has 1 aromatic heterocycles. The lowest BCUT2D eigenvalue weighted by Crippen LogP contribution is -2.30. The summed E-state index contributed by atoms with van der Waals surface area (Å²) in [6.45, 7) is 2.25. The van der Waals surface area contributed by atoms with Crippen molar-refractivity contribution in [3.05, 3.63) is 40.9 Å². The van der Waals surface area contributed by atoms with Gasteiger partial charge < -0.3 is 15.8 Å². The topological polar surface area (TPSA) is 90.1 Å². The van der Waals surface area contributed by atoms with Crippen molar-refractivity contribution in [1.82, 2.24) is 15.5 Å². The number of amides is 1. The van der Waals surface area contributed by atoms with Gasteiger partial charge in [-0.25, -0.2) is 0 Å². The summed E-state index contributed by atoms with van der Waals surface area (Å²) in [5.74, 6) is -0.192. The number of nitrogens with zero attached hydrogens (tertiary/aromatic N) is 2. The predicted octanol–water partition coefficient (Wildman–Crippen LogP) is 1.51. The van der Waals surface area contributed by atoms with Gasteiger partial charge in [0.25, 0.3) is 0 Å². The highest BCUT2D eigenvalue weighted by atomic mass is 32.1. The normalized spacial score (nSPS) is 12.1. The smallest absolute Gasteiger partial charge is 0.246 e. The third-order valence-corrected chi connectivity index (χ3v) is 3.48. The minimum absolute atomic E-state index is 0.00746. The number of nitrogen functional groups attached to an aromatic ring is 1. The van der Waals surface area contributed by atoms with Crippen LogP contribution in [0, 0.1) is 0 Å². The molecule has 0 saturated carbocycles. The number of carbonyl (C=O) groups excluding carboxylic acids is 1. The lowest BCUT2D eigenvalue weighted by molar-refractivity contribution is -0.126. The van der Waals surface area contributed by atoms with Crippen LogP contribution in [0.4, 0.5) is 5.13 Å². The van der Waals surface area contributed by atoms with E-state index in [1.165, 1.54) is 11.3 Å². The lowest BCUT2D eigenvalue weighted by Gasteiger charge is -2.10. The molecule has 0 fully saturated rings. The van der Waals surface area contributed by atoms with Gasteiger partial charge in [-0.1, -0.05) is 41.7 Å². The second kappa shape index (κ2) is 6.97. The molecule has 1 amide bonds. The van der Waals surface area contributed by atoms with Gasteiger partial charge >= 0.3 is 0 Å². The summed E-state index contributed by atoms with van der Waals surface area (Å²) in [6.07, 6.45) is 0. The van der Waals surface area contributed by atoms with E-state index in [9.17, 15) is 4.79 Å². The molecule has 20 heavy (non-hydrogen) atoms. The van der Waals surface area contributed by atoms with E-state index < -0.39 is 0 Å². The molecule has 0 spiro atoms. The quantitative estimate of drug-likeness (QED) is 0.842. The van der Waals surface area contributed by atoms with E-state index in [-0.39, 0.29) is 18.6 Å². The Kier molecular flexibility index (Phi) is 5.03. The van der Waals surface area contributed by atoms with Crippen LogP contribution >= 0.6 is 11.3 Å². The van der Waals surface area contributed by atoms with Gasteiger partial charge in [-0.15, -0.1) is 10.2 Å². The molecule has 0 saturated heterocycles. The van der Waals surface area contributed by atoms with Crippen molar-refractivity contribution in [3.63, 3.8) is 0 Å². The summed E-state index contributed by atoms with van der Waals surface area (Å²) in [6, 6.07) is 9.47. The van der Waals surface area contributed by atoms with Crippen LogP contribution in [0.2, 0.25) is 0 Å². The maximum Gasteiger partial charge on any atom is 0.246 e. The fourth-order valence-electron chi connectivity index (χ4n) is 1.60. The molecule has 0 unspecified atom stereocenters. The monoisotopic (exact) mass is 292 g/mol. The zero-order chi connectivity index (χ0) is 14.4. The predicted molar refractivity (Wildman–Crippen MR) is 77.0 cm³/mol. The van der Waals surface area contributed by atoms with Gasteiger partial charge in [0.1, 0.15) is 11.6 Å². The number of aromatic nitrogens is 2. The Balaban J connectivity index is 1.73. The molecule has 7 heteroatoms. The van der Waals surface area contributed by atoms with Crippen LogP contribution in [0.1, 0.15) is 23.5 Å². The Labute approximate surface area is 121 Å². The number of nitrogens with one attached hydrogen (secondary N) is 1. The molecule has 106 valence electrons. The number of ether oxygens (including phenoxy) is 1. The van der Waals surface area contributed by atoms with Crippen LogP contribution in [0.15, 0.2) is 30.3 Å². The largest absolute Gasteiger partial charge is 0.374 e. The van der Waals surface area contributed by atoms with Gasteiger partial charge in [-0.3, -0.25) is 4.79 Å². The summed E-state index contributed by atoms with van der Waals surface area (Å²) in [7, 11) is 0. The van der Waals surface area contributed by atoms with E-state index in [4.69, 9.17) is 10.5 Å². The van der Waals surface area contributed by atoms with Crippen molar-refractivity contribution in [2.45, 2.75) is 19.6 Å². The van der Waals surface area contributed by atoms with Crippen LogP contribution in [0.25, 0.3) is 0 Å². The van der Waals surface area contributed by atoms with Crippen molar-refractivity contribution < 1.29 is 9.53 Å². The van der Waals surface area contributed by atoms with Crippen LogP contribution in [0.5, 0.6) is 0 Å². The second-order valence-corrected chi connectivity index (χ2v) is 5.29. The van der Waals surface area contributed by atoms with Crippen LogP contribution in [-0.2, 0) is 16.1 Å². The number of hydrogen-bond acceptors (Lipinski definition) is 6. The molecule has 0 radical (unpaired) electrons. The number of nitrogens with two attached hydrogens (primary N) is 1. The summed E-state index contributed by atoms with van der Waals surface area (Å²) in [5.41, 5.74) is 6.53. The summed E-state index contributed by atoms with van der Waals surface area (Å²) in [4.78, 5) is 11.7. The minimum Gasteiger partial charge on any atom is -0.374 e. The van der Waals surface area contributed by atoms with Gasteiger partial charge in [0.05, 0.1) is 12.6 Å². The zero-order valence-corrected chi connectivity index (χ0v) is 11.9. The summed E-state index contributed by atoms with van der Waals surface area (Å²) in [5, 5.41) is 11.4. The molecular formula is C13H16N4O2S. The fraction of sp³-hybridized carbons (Fsp3) is 0.308. The van der Waals surface area contributed by atoms with Gasteiger partial charge in [0, 0.05) is 0 Å². The summed E-state index contributed by atoms with van der Waals surface area (Å²) >= 11 is 1.26. The highest BCUT2D eigenvalue weighted by molar-refractivity contribution is 7.15. The van der Waals surface area contributed by atoms with Crippen LogP contribution in [-0.4, -0.2) is 22.7 Å². The average Bonchev–Trinajstić information content (AvgIpc) is 2.87. The van der Waals surface area contributed by atoms with Gasteiger partial charge in [-0.2, -0.15) is 0 Å². The van der Waals surface area contributed by atoms with Gasteiger partial charge in [0.2, 0.25) is 11.0 Å². The number of benzene rings is 1. The molecule has 0 aliphatic carbocycles. The first-order valence-corrected chi connectivity index (χ1v) is 6.96. The second-order valence-electron chi connectivity index (χ2n) is 4.25. The first-order valence-electron chi connectivity index (χ1n) is 6.15. The van der Waals surface area contributed by atoms with E-state index in [1.807, 2.05) is 37.3 Å². The minimum atomic E-state index is -0.224. The first kappa shape index (κ1) is 14.4. The standard InChI is InChI=1S/C13H16N4O2S/c1-9(12-16-17-13(14)20-12)15-11(18)8-19-7-10-5-3-2-4-6-10/h2-6,9H,7-8H2,1H3,(H2,14,17)(H,15,18)/t9-/m0/s1. The number of hydrogen-bond donors (Lipinski definition) is 2. The molecule has 0 bridgehead atoms. The van der Waals surface area contributed by atoms with Crippen molar-refractivity contribution in [3.8, 4) is 0 Å². The van der Waals surface area contributed by atoms with Crippen LogP contribution in [0.3, 0.4) is 0 Å². The van der Waals surface area contributed by atoms with E-state index in [1.54, 1.807) is 0 Å². The van der Waals surface area contributed by atoms with Crippen molar-refractivity contribution in [2.75, 3.05) is 12.3 Å².